The van der Waals surface area contributed by atoms with E-state index < -0.39 is 0 Å². The molecule has 0 aliphatic heterocycles. The number of benzene rings is 2. The smallest absolute Gasteiger partial charge is 0.248 e. The fourth-order valence-electron chi connectivity index (χ4n) is 2.23. The van der Waals surface area contributed by atoms with Crippen molar-refractivity contribution in [3.8, 4) is 17.2 Å². The Labute approximate surface area is 155 Å². The van der Waals surface area contributed by atoms with Crippen molar-refractivity contribution in [1.82, 2.24) is 0 Å². The highest BCUT2D eigenvalue weighted by Crippen LogP contribution is 2.36. The van der Waals surface area contributed by atoms with Gasteiger partial charge in [0.1, 0.15) is 5.75 Å². The van der Waals surface area contributed by atoms with Crippen molar-refractivity contribution in [2.75, 3.05) is 26.1 Å². The summed E-state index contributed by atoms with van der Waals surface area (Å²) in [4.78, 5) is 12.2. The zero-order valence-electron chi connectivity index (χ0n) is 14.3. The molecule has 1 N–H and O–H groups in total. The van der Waals surface area contributed by atoms with Gasteiger partial charge in [0, 0.05) is 6.08 Å². The lowest BCUT2D eigenvalue weighted by molar-refractivity contribution is -0.111. The number of methoxy groups -OCH3 is 2. The summed E-state index contributed by atoms with van der Waals surface area (Å²) in [5.74, 6) is 1.58. The van der Waals surface area contributed by atoms with Gasteiger partial charge >= 0.3 is 0 Å². The van der Waals surface area contributed by atoms with Crippen LogP contribution in [-0.2, 0) is 4.79 Å². The molecule has 5 nitrogen and oxygen atoms in total. The van der Waals surface area contributed by atoms with Crippen LogP contribution in [0.15, 0.2) is 46.9 Å². The van der Waals surface area contributed by atoms with E-state index in [-0.39, 0.29) is 5.91 Å². The van der Waals surface area contributed by atoms with Crippen molar-refractivity contribution in [3.05, 3.63) is 52.5 Å². The van der Waals surface area contributed by atoms with Crippen LogP contribution in [0.25, 0.3) is 6.08 Å². The number of hydrogen-bond donors (Lipinski definition) is 1. The molecule has 2 rings (SSSR count). The first-order valence-electron chi connectivity index (χ1n) is 7.71. The molecule has 2 aromatic carbocycles. The highest BCUT2D eigenvalue weighted by Gasteiger charge is 2.10. The third kappa shape index (κ3) is 5.00. The van der Waals surface area contributed by atoms with Crippen molar-refractivity contribution < 1.29 is 19.0 Å². The number of para-hydroxylation sites is 2. The van der Waals surface area contributed by atoms with Crippen LogP contribution >= 0.6 is 15.9 Å². The van der Waals surface area contributed by atoms with Crippen LogP contribution in [0.5, 0.6) is 17.2 Å². The Bertz CT molecular complexity index is 774. The second kappa shape index (κ2) is 9.13. The maximum Gasteiger partial charge on any atom is 0.248 e. The fraction of sp³-hybridized carbons (Fsp3) is 0.211. The van der Waals surface area contributed by atoms with E-state index in [0.29, 0.717) is 29.5 Å². The normalized spacial score (nSPS) is 10.6. The number of ether oxygens (including phenoxy) is 3. The van der Waals surface area contributed by atoms with E-state index in [1.165, 1.54) is 6.08 Å². The molecule has 0 aliphatic carbocycles. The van der Waals surface area contributed by atoms with E-state index in [2.05, 4.69) is 21.2 Å². The largest absolute Gasteiger partial charge is 0.493 e. The molecule has 6 heteroatoms. The minimum Gasteiger partial charge on any atom is -0.493 e. The Kier molecular flexibility index (Phi) is 6.89. The molecule has 132 valence electrons. The number of carbonyl (C=O) groups excluding carboxylic acids is 1. The first-order chi connectivity index (χ1) is 12.1. The van der Waals surface area contributed by atoms with Crippen molar-refractivity contribution in [3.63, 3.8) is 0 Å². The molecule has 0 saturated carbocycles. The number of rotatable bonds is 7. The third-order valence-corrected chi connectivity index (χ3v) is 3.92. The van der Waals surface area contributed by atoms with Crippen LogP contribution in [0.4, 0.5) is 5.69 Å². The first-order valence-corrected chi connectivity index (χ1v) is 8.50. The Hall–Kier alpha value is -2.47. The molecule has 0 atom stereocenters. The van der Waals surface area contributed by atoms with Crippen LogP contribution in [0.1, 0.15) is 12.5 Å². The van der Waals surface area contributed by atoms with E-state index in [4.69, 9.17) is 14.2 Å². The number of hydrogen-bond acceptors (Lipinski definition) is 4. The molecule has 2 aromatic rings. The Morgan fingerprint density at radius 2 is 1.92 bits per heavy atom. The zero-order chi connectivity index (χ0) is 18.2. The number of nitrogens with one attached hydrogen (secondary N) is 1. The summed E-state index contributed by atoms with van der Waals surface area (Å²) in [6, 6.07) is 10.9. The lowest BCUT2D eigenvalue weighted by atomic mass is 10.2. The van der Waals surface area contributed by atoms with Gasteiger partial charge in [-0.2, -0.15) is 0 Å². The van der Waals surface area contributed by atoms with Gasteiger partial charge in [-0.1, -0.05) is 12.1 Å². The molecule has 0 saturated heterocycles. The molecule has 0 fully saturated rings. The molecule has 0 aliphatic rings. The third-order valence-electron chi connectivity index (χ3n) is 3.33. The highest BCUT2D eigenvalue weighted by molar-refractivity contribution is 9.10. The number of halogens is 1. The zero-order valence-corrected chi connectivity index (χ0v) is 15.9. The van der Waals surface area contributed by atoms with Gasteiger partial charge in [0.05, 0.1) is 31.0 Å². The van der Waals surface area contributed by atoms with Crippen LogP contribution in [0, 0.1) is 0 Å². The van der Waals surface area contributed by atoms with Crippen molar-refractivity contribution >= 4 is 33.6 Å². The molecule has 0 unspecified atom stereocenters. The number of amides is 1. The topological polar surface area (TPSA) is 56.8 Å². The monoisotopic (exact) mass is 405 g/mol. The molecule has 0 aromatic heterocycles. The molecular weight excluding hydrogens is 386 g/mol. The molecule has 0 spiro atoms. The quantitative estimate of drug-likeness (QED) is 0.688. The molecule has 25 heavy (non-hydrogen) atoms. The van der Waals surface area contributed by atoms with Crippen molar-refractivity contribution in [2.45, 2.75) is 6.92 Å². The van der Waals surface area contributed by atoms with Crippen LogP contribution in [0.3, 0.4) is 0 Å². The summed E-state index contributed by atoms with van der Waals surface area (Å²) >= 11 is 3.43. The van der Waals surface area contributed by atoms with Gasteiger partial charge in [-0.3, -0.25) is 4.79 Å². The SMILES string of the molecule is CCOc1ccccc1NC(=O)C=Cc1cc(Br)c(OC)c(OC)c1. The molecule has 0 radical (unpaired) electrons. The van der Waals surface area contributed by atoms with Crippen molar-refractivity contribution in [2.24, 2.45) is 0 Å². The second-order valence-electron chi connectivity index (χ2n) is 4.99. The van der Waals surface area contributed by atoms with E-state index in [1.54, 1.807) is 32.4 Å². The van der Waals surface area contributed by atoms with E-state index in [1.807, 2.05) is 31.2 Å². The second-order valence-corrected chi connectivity index (χ2v) is 5.84. The van der Waals surface area contributed by atoms with Crippen LogP contribution in [0.2, 0.25) is 0 Å². The summed E-state index contributed by atoms with van der Waals surface area (Å²) in [5, 5.41) is 2.81. The Morgan fingerprint density at radius 3 is 2.60 bits per heavy atom. The summed E-state index contributed by atoms with van der Waals surface area (Å²) in [7, 11) is 3.14. The summed E-state index contributed by atoms with van der Waals surface area (Å²) in [5.41, 5.74) is 1.44. The molecule has 0 heterocycles. The maximum atomic E-state index is 12.2. The number of anilines is 1. The lowest BCUT2D eigenvalue weighted by Gasteiger charge is -2.11. The van der Waals surface area contributed by atoms with Gasteiger partial charge in [-0.25, -0.2) is 0 Å². The van der Waals surface area contributed by atoms with Gasteiger partial charge in [-0.15, -0.1) is 0 Å². The van der Waals surface area contributed by atoms with Gasteiger partial charge < -0.3 is 19.5 Å². The standard InChI is InChI=1S/C19H20BrNO4/c1-4-25-16-8-6-5-7-15(16)21-18(22)10-9-13-11-14(20)19(24-3)17(12-13)23-2/h5-12H,4H2,1-3H3,(H,21,22). The summed E-state index contributed by atoms with van der Waals surface area (Å²) in [6.07, 6.45) is 3.15. The predicted molar refractivity (Wildman–Crippen MR) is 103 cm³/mol. The lowest BCUT2D eigenvalue weighted by Crippen LogP contribution is -2.09. The molecule has 1 amide bonds. The van der Waals surface area contributed by atoms with E-state index in [9.17, 15) is 4.79 Å². The minimum atomic E-state index is -0.252. The van der Waals surface area contributed by atoms with E-state index in [0.717, 1.165) is 10.0 Å². The summed E-state index contributed by atoms with van der Waals surface area (Å²) < 4.78 is 16.8. The van der Waals surface area contributed by atoms with Gasteiger partial charge in [0.2, 0.25) is 5.91 Å². The van der Waals surface area contributed by atoms with Crippen LogP contribution in [-0.4, -0.2) is 26.7 Å². The Balaban J connectivity index is 2.14. The van der Waals surface area contributed by atoms with Gasteiger partial charge in [0.15, 0.2) is 11.5 Å². The first kappa shape index (κ1) is 18.9. The average molecular weight is 406 g/mol. The highest BCUT2D eigenvalue weighted by atomic mass is 79.9. The van der Waals surface area contributed by atoms with Gasteiger partial charge in [0.25, 0.3) is 0 Å². The van der Waals surface area contributed by atoms with Gasteiger partial charge in [-0.05, 0) is 58.8 Å². The molecular formula is C19H20BrNO4. The predicted octanol–water partition coefficient (Wildman–Crippen LogP) is 4.52. The maximum absolute atomic E-state index is 12.2. The summed E-state index contributed by atoms with van der Waals surface area (Å²) in [6.45, 7) is 2.43. The Morgan fingerprint density at radius 1 is 1.16 bits per heavy atom. The average Bonchev–Trinajstić information content (AvgIpc) is 2.61. The van der Waals surface area contributed by atoms with E-state index >= 15 is 0 Å². The fourth-order valence-corrected chi connectivity index (χ4v) is 2.85. The minimum absolute atomic E-state index is 0.252. The van der Waals surface area contributed by atoms with Crippen LogP contribution < -0.4 is 19.5 Å². The number of carbonyl (C=O) groups is 1. The molecule has 0 bridgehead atoms. The van der Waals surface area contributed by atoms with Crippen molar-refractivity contribution in [1.29, 1.82) is 0 Å².